The number of sulfonamides is 1. The van der Waals surface area contributed by atoms with Crippen molar-refractivity contribution in [3.8, 4) is 0 Å². The normalized spacial score (nSPS) is 15.3. The Hall–Kier alpha value is -1.84. The van der Waals surface area contributed by atoms with E-state index in [0.717, 1.165) is 4.31 Å². The van der Waals surface area contributed by atoms with Crippen molar-refractivity contribution in [1.82, 2.24) is 14.1 Å². The Kier molecular flexibility index (Phi) is 6.48. The van der Waals surface area contributed by atoms with Crippen LogP contribution >= 0.6 is 11.6 Å². The number of carbonyl (C=O) groups excluding carboxylic acids is 2. The maximum absolute atomic E-state index is 12.7. The van der Waals surface area contributed by atoms with Crippen molar-refractivity contribution in [2.75, 3.05) is 46.9 Å². The van der Waals surface area contributed by atoms with Crippen molar-refractivity contribution in [1.29, 1.82) is 0 Å². The van der Waals surface area contributed by atoms with E-state index in [-0.39, 0.29) is 21.4 Å². The lowest BCUT2D eigenvalue weighted by atomic mass is 10.2. The molecule has 26 heavy (non-hydrogen) atoms. The third kappa shape index (κ3) is 4.28. The van der Waals surface area contributed by atoms with E-state index < -0.39 is 16.1 Å². The summed E-state index contributed by atoms with van der Waals surface area (Å²) in [6.07, 6.45) is -0.398. The molecule has 2 amide bonds. The lowest BCUT2D eigenvalue weighted by Gasteiger charge is -2.34. The quantitative estimate of drug-likeness (QED) is 0.760. The average molecular weight is 404 g/mol. The van der Waals surface area contributed by atoms with Crippen LogP contribution in [0, 0.1) is 0 Å². The number of nitrogens with zero attached hydrogens (tertiary/aromatic N) is 3. The summed E-state index contributed by atoms with van der Waals surface area (Å²) in [5.41, 5.74) is 0.236. The summed E-state index contributed by atoms with van der Waals surface area (Å²) < 4.78 is 30.7. The molecule has 0 bridgehead atoms. The highest BCUT2D eigenvalue weighted by molar-refractivity contribution is 7.89. The Labute approximate surface area is 158 Å². The van der Waals surface area contributed by atoms with Crippen LogP contribution < -0.4 is 0 Å². The number of carbonyl (C=O) groups is 2. The molecule has 0 aliphatic carbocycles. The second-order valence-corrected chi connectivity index (χ2v) is 8.44. The molecule has 1 aliphatic heterocycles. The van der Waals surface area contributed by atoms with Crippen molar-refractivity contribution < 1.29 is 22.7 Å². The first-order valence-electron chi connectivity index (χ1n) is 8.11. The minimum Gasteiger partial charge on any atom is -0.450 e. The number of piperazine rings is 1. The Morgan fingerprint density at radius 3 is 2.27 bits per heavy atom. The molecule has 1 fully saturated rings. The first-order chi connectivity index (χ1) is 12.2. The van der Waals surface area contributed by atoms with Crippen LogP contribution in [0.3, 0.4) is 0 Å². The number of ether oxygens (including phenoxy) is 1. The summed E-state index contributed by atoms with van der Waals surface area (Å²) in [6.45, 7) is 3.44. The van der Waals surface area contributed by atoms with Crippen molar-refractivity contribution in [2.45, 2.75) is 11.8 Å². The fourth-order valence-electron chi connectivity index (χ4n) is 2.52. The van der Waals surface area contributed by atoms with E-state index in [1.54, 1.807) is 11.8 Å². The lowest BCUT2D eigenvalue weighted by Crippen LogP contribution is -2.50. The zero-order valence-electron chi connectivity index (χ0n) is 14.9. The van der Waals surface area contributed by atoms with Crippen LogP contribution in [0.1, 0.15) is 17.3 Å². The van der Waals surface area contributed by atoms with Gasteiger partial charge in [0, 0.05) is 45.8 Å². The molecular weight excluding hydrogens is 382 g/mol. The Morgan fingerprint density at radius 1 is 1.15 bits per heavy atom. The van der Waals surface area contributed by atoms with Gasteiger partial charge in [-0.3, -0.25) is 4.79 Å². The third-order valence-corrected chi connectivity index (χ3v) is 6.33. The Bertz CT molecular complexity index is 789. The van der Waals surface area contributed by atoms with Crippen LogP contribution in [0.25, 0.3) is 0 Å². The molecule has 0 saturated carbocycles. The minimum atomic E-state index is -3.76. The molecule has 10 heteroatoms. The summed E-state index contributed by atoms with van der Waals surface area (Å²) in [6, 6.07) is 4.19. The van der Waals surface area contributed by atoms with Gasteiger partial charge in [0.15, 0.2) is 0 Å². The average Bonchev–Trinajstić information content (AvgIpc) is 2.61. The predicted molar refractivity (Wildman–Crippen MR) is 96.8 cm³/mol. The molecule has 8 nitrogen and oxygen atoms in total. The standard InChI is InChI=1S/C16H22ClN3O5S/c1-4-25-16(22)20-9-7-19(8-10-20)15(21)12-5-6-13(17)14(11-12)26(23,24)18(2)3/h5-6,11H,4,7-10H2,1-3H3. The summed E-state index contributed by atoms with van der Waals surface area (Å²) in [7, 11) is -0.964. The van der Waals surface area contributed by atoms with E-state index in [9.17, 15) is 18.0 Å². The molecule has 1 heterocycles. The van der Waals surface area contributed by atoms with E-state index in [1.165, 1.54) is 37.2 Å². The van der Waals surface area contributed by atoms with Crippen molar-refractivity contribution in [3.63, 3.8) is 0 Å². The van der Waals surface area contributed by atoms with Crippen molar-refractivity contribution in [2.24, 2.45) is 0 Å². The molecule has 1 aliphatic rings. The van der Waals surface area contributed by atoms with Gasteiger partial charge in [-0.1, -0.05) is 11.6 Å². The van der Waals surface area contributed by atoms with Gasteiger partial charge in [-0.15, -0.1) is 0 Å². The largest absolute Gasteiger partial charge is 0.450 e. The molecule has 1 aromatic carbocycles. The van der Waals surface area contributed by atoms with Crippen LogP contribution in [-0.2, 0) is 14.8 Å². The van der Waals surface area contributed by atoms with Crippen LogP contribution in [0.2, 0.25) is 5.02 Å². The predicted octanol–water partition coefficient (Wildman–Crippen LogP) is 1.50. The van der Waals surface area contributed by atoms with Crippen LogP contribution in [0.5, 0.6) is 0 Å². The van der Waals surface area contributed by atoms with Crippen LogP contribution in [0.4, 0.5) is 4.79 Å². The second kappa shape index (κ2) is 8.24. The molecule has 0 spiro atoms. The SMILES string of the molecule is CCOC(=O)N1CCN(C(=O)c2ccc(Cl)c(S(=O)(=O)N(C)C)c2)CC1. The van der Waals surface area contributed by atoms with Gasteiger partial charge in [-0.25, -0.2) is 17.5 Å². The van der Waals surface area contributed by atoms with Crippen molar-refractivity contribution in [3.05, 3.63) is 28.8 Å². The summed E-state index contributed by atoms with van der Waals surface area (Å²) in [5.74, 6) is -0.305. The molecule has 144 valence electrons. The third-order valence-electron chi connectivity index (χ3n) is 4.03. The maximum atomic E-state index is 12.7. The molecule has 0 unspecified atom stereocenters. The maximum Gasteiger partial charge on any atom is 0.409 e. The van der Waals surface area contributed by atoms with Gasteiger partial charge in [0.25, 0.3) is 5.91 Å². The Balaban J connectivity index is 2.15. The molecule has 1 saturated heterocycles. The minimum absolute atomic E-state index is 0.0578. The van der Waals surface area contributed by atoms with Gasteiger partial charge in [0.05, 0.1) is 11.6 Å². The smallest absolute Gasteiger partial charge is 0.409 e. The van der Waals surface area contributed by atoms with Crippen molar-refractivity contribution >= 4 is 33.6 Å². The lowest BCUT2D eigenvalue weighted by molar-refractivity contribution is 0.0570. The van der Waals surface area contributed by atoms with Gasteiger partial charge in [0.1, 0.15) is 4.90 Å². The molecule has 0 N–H and O–H groups in total. The fourth-order valence-corrected chi connectivity index (χ4v) is 3.91. The van der Waals surface area contributed by atoms with Gasteiger partial charge in [-0.05, 0) is 25.1 Å². The number of halogens is 1. The number of hydrogen-bond donors (Lipinski definition) is 0. The summed E-state index contributed by atoms with van der Waals surface area (Å²) in [5, 5.41) is 0.0578. The molecular formula is C16H22ClN3O5S. The fraction of sp³-hybridized carbons (Fsp3) is 0.500. The van der Waals surface area contributed by atoms with E-state index >= 15 is 0 Å². The number of amides is 2. The second-order valence-electron chi connectivity index (χ2n) is 5.91. The molecule has 0 radical (unpaired) electrons. The highest BCUT2D eigenvalue weighted by atomic mass is 35.5. The van der Waals surface area contributed by atoms with Gasteiger partial charge in [0.2, 0.25) is 10.0 Å². The first-order valence-corrected chi connectivity index (χ1v) is 9.93. The first kappa shape index (κ1) is 20.5. The monoisotopic (exact) mass is 403 g/mol. The zero-order chi connectivity index (χ0) is 19.5. The number of hydrogen-bond acceptors (Lipinski definition) is 5. The van der Waals surface area contributed by atoms with E-state index in [0.29, 0.717) is 32.8 Å². The highest BCUT2D eigenvalue weighted by Gasteiger charge is 2.27. The van der Waals surface area contributed by atoms with E-state index in [1.807, 2.05) is 0 Å². The number of benzene rings is 1. The number of rotatable bonds is 4. The molecule has 0 aromatic heterocycles. The molecule has 2 rings (SSSR count). The van der Waals surface area contributed by atoms with Gasteiger partial charge in [-0.2, -0.15) is 0 Å². The van der Waals surface area contributed by atoms with Gasteiger partial charge < -0.3 is 14.5 Å². The summed E-state index contributed by atoms with van der Waals surface area (Å²) in [4.78, 5) is 27.4. The molecule has 1 aromatic rings. The van der Waals surface area contributed by atoms with E-state index in [4.69, 9.17) is 16.3 Å². The summed E-state index contributed by atoms with van der Waals surface area (Å²) >= 11 is 6.01. The Morgan fingerprint density at radius 2 is 1.73 bits per heavy atom. The van der Waals surface area contributed by atoms with Crippen LogP contribution in [-0.4, -0.2) is 81.4 Å². The zero-order valence-corrected chi connectivity index (χ0v) is 16.5. The van der Waals surface area contributed by atoms with Crippen LogP contribution in [0.15, 0.2) is 23.1 Å². The topological polar surface area (TPSA) is 87.2 Å². The van der Waals surface area contributed by atoms with E-state index in [2.05, 4.69) is 0 Å². The highest BCUT2D eigenvalue weighted by Crippen LogP contribution is 2.25. The molecule has 0 atom stereocenters. The van der Waals surface area contributed by atoms with Gasteiger partial charge >= 0.3 is 6.09 Å².